The van der Waals surface area contributed by atoms with E-state index in [1.54, 1.807) is 0 Å². The standard InChI is InChI=1S/C34H44ClNO4/c1-5-6-7-10-30(37)27-14-11-25(27)20-36-21-34(17-8-9-23-18-26(35)13-15-28(23)34)22-39-31-16-12-24(19-29(31)36)32(38)40-33(2,3)4/h7,10,12-13,15-16,18-19,25,27,30,37H,5-6,8-9,11,14,17,20-22H2,1-4H3/b10-7+/t25-,27+,30-,34?/m0/s1. The monoisotopic (exact) mass is 565 g/mol. The van der Waals surface area contributed by atoms with Crippen molar-refractivity contribution in [3.63, 3.8) is 0 Å². The highest BCUT2D eigenvalue weighted by Crippen LogP contribution is 2.46. The molecule has 0 aromatic heterocycles. The lowest BCUT2D eigenvalue weighted by molar-refractivity contribution is 0.00695. The van der Waals surface area contributed by atoms with E-state index in [-0.39, 0.29) is 17.3 Å². The zero-order valence-electron chi connectivity index (χ0n) is 24.4. The Labute approximate surface area is 244 Å². The second-order valence-electron chi connectivity index (χ2n) is 13.0. The molecule has 2 aromatic rings. The molecule has 0 radical (unpaired) electrons. The van der Waals surface area contributed by atoms with Crippen LogP contribution in [0.2, 0.25) is 5.02 Å². The minimum Gasteiger partial charge on any atom is -0.490 e. The summed E-state index contributed by atoms with van der Waals surface area (Å²) < 4.78 is 12.3. The van der Waals surface area contributed by atoms with Crippen molar-refractivity contribution in [1.82, 2.24) is 0 Å². The first kappa shape index (κ1) is 29.0. The zero-order valence-corrected chi connectivity index (χ0v) is 25.2. The lowest BCUT2D eigenvalue weighted by Crippen LogP contribution is -2.49. The lowest BCUT2D eigenvalue weighted by Gasteiger charge is -2.45. The molecule has 2 aromatic carbocycles. The van der Waals surface area contributed by atoms with E-state index in [1.807, 2.05) is 51.1 Å². The number of hydrogen-bond acceptors (Lipinski definition) is 5. The molecular weight excluding hydrogens is 522 g/mol. The molecule has 1 N–H and O–H groups in total. The Morgan fingerprint density at radius 3 is 2.80 bits per heavy atom. The van der Waals surface area contributed by atoms with Gasteiger partial charge in [-0.25, -0.2) is 4.79 Å². The third-order valence-corrected chi connectivity index (χ3v) is 9.07. The SMILES string of the molecule is CCC/C=C/[C@H](O)[C@@H]1CC[C@H]1CN1CC2(CCCc3cc(Cl)ccc32)COc2ccc(C(=O)OC(C)(C)C)cc21. The molecule has 216 valence electrons. The largest absolute Gasteiger partial charge is 0.490 e. The number of carbonyl (C=O) groups is 1. The van der Waals surface area contributed by atoms with Gasteiger partial charge in [-0.1, -0.05) is 43.2 Å². The van der Waals surface area contributed by atoms with Gasteiger partial charge in [0.25, 0.3) is 0 Å². The fourth-order valence-corrected chi connectivity index (χ4v) is 6.87. The van der Waals surface area contributed by atoms with Crippen LogP contribution < -0.4 is 9.64 Å². The van der Waals surface area contributed by atoms with Crippen LogP contribution in [0.5, 0.6) is 5.75 Å². The highest BCUT2D eigenvalue weighted by Gasteiger charge is 2.44. The van der Waals surface area contributed by atoms with Gasteiger partial charge in [0.2, 0.25) is 0 Å². The molecule has 0 bridgehead atoms. The van der Waals surface area contributed by atoms with Gasteiger partial charge in [0, 0.05) is 23.5 Å². The van der Waals surface area contributed by atoms with Gasteiger partial charge in [0.05, 0.1) is 24.0 Å². The molecule has 1 spiro atoms. The predicted molar refractivity (Wildman–Crippen MR) is 162 cm³/mol. The quantitative estimate of drug-likeness (QED) is 0.278. The molecule has 6 heteroatoms. The fourth-order valence-electron chi connectivity index (χ4n) is 6.68. The van der Waals surface area contributed by atoms with Crippen LogP contribution in [0, 0.1) is 11.8 Å². The second kappa shape index (κ2) is 11.8. The van der Waals surface area contributed by atoms with Crippen LogP contribution in [-0.4, -0.2) is 42.5 Å². The van der Waals surface area contributed by atoms with Crippen LogP contribution in [-0.2, 0) is 16.6 Å². The summed E-state index contributed by atoms with van der Waals surface area (Å²) in [6.07, 6.45) is 11.0. The maximum Gasteiger partial charge on any atom is 0.338 e. The summed E-state index contributed by atoms with van der Waals surface area (Å²) in [6, 6.07) is 12.0. The lowest BCUT2D eigenvalue weighted by atomic mass is 9.68. The van der Waals surface area contributed by atoms with Crippen LogP contribution in [0.15, 0.2) is 48.6 Å². The smallest absolute Gasteiger partial charge is 0.338 e. The molecule has 5 rings (SSSR count). The highest BCUT2D eigenvalue weighted by molar-refractivity contribution is 6.30. The van der Waals surface area contributed by atoms with Gasteiger partial charge in [-0.05, 0) is 113 Å². The molecule has 40 heavy (non-hydrogen) atoms. The number of aliphatic hydroxyl groups excluding tert-OH is 1. The van der Waals surface area contributed by atoms with Gasteiger partial charge in [0.1, 0.15) is 11.4 Å². The van der Waals surface area contributed by atoms with E-state index in [0.29, 0.717) is 18.1 Å². The van der Waals surface area contributed by atoms with Crippen molar-refractivity contribution in [3.05, 3.63) is 70.3 Å². The summed E-state index contributed by atoms with van der Waals surface area (Å²) >= 11 is 6.40. The van der Waals surface area contributed by atoms with E-state index in [9.17, 15) is 9.90 Å². The van der Waals surface area contributed by atoms with Gasteiger partial charge >= 0.3 is 5.97 Å². The molecule has 1 fully saturated rings. The Morgan fingerprint density at radius 2 is 2.08 bits per heavy atom. The van der Waals surface area contributed by atoms with Crippen molar-refractivity contribution in [1.29, 1.82) is 0 Å². The van der Waals surface area contributed by atoms with Crippen molar-refractivity contribution in [2.45, 2.75) is 89.8 Å². The normalized spacial score (nSPS) is 25.0. The van der Waals surface area contributed by atoms with E-state index in [1.165, 1.54) is 11.1 Å². The fraction of sp³-hybridized carbons (Fsp3) is 0.559. The van der Waals surface area contributed by atoms with Gasteiger partial charge in [-0.2, -0.15) is 0 Å². The number of rotatable bonds is 7. The van der Waals surface area contributed by atoms with E-state index >= 15 is 0 Å². The summed E-state index contributed by atoms with van der Waals surface area (Å²) in [6.45, 7) is 9.99. The van der Waals surface area contributed by atoms with Crippen LogP contribution >= 0.6 is 11.6 Å². The molecule has 5 nitrogen and oxygen atoms in total. The summed E-state index contributed by atoms with van der Waals surface area (Å²) in [7, 11) is 0. The molecular formula is C34H44ClNO4. The van der Waals surface area contributed by atoms with Gasteiger partial charge < -0.3 is 19.5 Å². The Kier molecular flexibility index (Phi) is 8.54. The average Bonchev–Trinajstić information content (AvgIpc) is 3.03. The summed E-state index contributed by atoms with van der Waals surface area (Å²) in [4.78, 5) is 15.5. The van der Waals surface area contributed by atoms with Gasteiger partial charge in [-0.15, -0.1) is 0 Å². The Balaban J connectivity index is 1.49. The minimum absolute atomic E-state index is 0.178. The van der Waals surface area contributed by atoms with Crippen molar-refractivity contribution in [2.24, 2.45) is 11.8 Å². The first-order valence-electron chi connectivity index (χ1n) is 15.0. The number of anilines is 1. The summed E-state index contributed by atoms with van der Waals surface area (Å²) in [5.41, 5.74) is 3.34. The first-order valence-corrected chi connectivity index (χ1v) is 15.4. The van der Waals surface area contributed by atoms with Crippen LogP contribution in [0.1, 0.15) is 87.7 Å². The first-order chi connectivity index (χ1) is 19.1. The molecule has 3 aliphatic rings. The summed E-state index contributed by atoms with van der Waals surface area (Å²) in [5, 5.41) is 11.7. The van der Waals surface area contributed by atoms with Gasteiger partial charge in [-0.3, -0.25) is 0 Å². The molecule has 0 amide bonds. The van der Waals surface area contributed by atoms with E-state index < -0.39 is 11.7 Å². The van der Waals surface area contributed by atoms with Gasteiger partial charge in [0.15, 0.2) is 0 Å². The number of unbranched alkanes of at least 4 members (excludes halogenated alkanes) is 1. The van der Waals surface area contributed by atoms with Crippen LogP contribution in [0.3, 0.4) is 0 Å². The number of nitrogens with zero attached hydrogens (tertiary/aromatic N) is 1. The van der Waals surface area contributed by atoms with Crippen molar-refractivity contribution < 1.29 is 19.4 Å². The number of aryl methyl sites for hydroxylation is 1. The molecule has 1 unspecified atom stereocenters. The highest BCUT2D eigenvalue weighted by atomic mass is 35.5. The van der Waals surface area contributed by atoms with Crippen molar-refractivity contribution in [3.8, 4) is 5.75 Å². The third kappa shape index (κ3) is 6.21. The van der Waals surface area contributed by atoms with Crippen molar-refractivity contribution in [2.75, 3.05) is 24.6 Å². The minimum atomic E-state index is -0.572. The molecule has 1 saturated carbocycles. The van der Waals surface area contributed by atoms with E-state index in [4.69, 9.17) is 21.1 Å². The summed E-state index contributed by atoms with van der Waals surface area (Å²) in [5.74, 6) is 1.07. The average molecular weight is 566 g/mol. The molecule has 2 aliphatic carbocycles. The molecule has 1 heterocycles. The molecule has 1 aliphatic heterocycles. The maximum absolute atomic E-state index is 13.1. The number of aliphatic hydroxyl groups is 1. The number of halogens is 1. The Hall–Kier alpha value is -2.50. The zero-order chi connectivity index (χ0) is 28.5. The second-order valence-corrected chi connectivity index (χ2v) is 13.4. The maximum atomic E-state index is 13.1. The van der Waals surface area contributed by atoms with Crippen molar-refractivity contribution >= 4 is 23.3 Å². The molecule has 4 atom stereocenters. The number of allylic oxidation sites excluding steroid dienone is 1. The topological polar surface area (TPSA) is 59.0 Å². The number of carbonyl (C=O) groups excluding carboxylic acids is 1. The Bertz CT molecular complexity index is 1250. The number of hydrogen-bond donors (Lipinski definition) is 1. The number of fused-ring (bicyclic) bond motifs is 3. The number of benzene rings is 2. The Morgan fingerprint density at radius 1 is 1.25 bits per heavy atom. The van der Waals surface area contributed by atoms with E-state index in [0.717, 1.165) is 74.5 Å². The predicted octanol–water partition coefficient (Wildman–Crippen LogP) is 7.51. The molecule has 0 saturated heterocycles. The number of esters is 1. The van der Waals surface area contributed by atoms with E-state index in [2.05, 4.69) is 30.0 Å². The van der Waals surface area contributed by atoms with Crippen LogP contribution in [0.4, 0.5) is 5.69 Å². The third-order valence-electron chi connectivity index (χ3n) is 8.83. The van der Waals surface area contributed by atoms with Crippen LogP contribution in [0.25, 0.3) is 0 Å². The number of ether oxygens (including phenoxy) is 2.